The number of carbonyl (C=O) groups excluding carboxylic acids is 1. The van der Waals surface area contributed by atoms with Crippen molar-refractivity contribution in [3.05, 3.63) is 23.8 Å². The molecule has 0 amide bonds. The first kappa shape index (κ1) is 8.14. The largest absolute Gasteiger partial charge is 0.496 e. The first-order valence-electron chi connectivity index (χ1n) is 3.10. The minimum atomic E-state index is 0.528. The van der Waals surface area contributed by atoms with E-state index in [-0.39, 0.29) is 0 Å². The van der Waals surface area contributed by atoms with Crippen molar-refractivity contribution in [3.8, 4) is 5.75 Å². The fraction of sp³-hybridized carbons (Fsp3) is 0.125. The molecule has 2 nitrogen and oxygen atoms in total. The van der Waals surface area contributed by atoms with Gasteiger partial charge in [0.1, 0.15) is 5.75 Å². The number of benzene rings is 1. The Kier molecular flexibility index (Phi) is 2.54. The average Bonchev–Trinajstić information content (AvgIpc) is 2.04. The SMILES string of the molecule is COc1ccc(S)cc1C=O. The molecule has 0 saturated carbocycles. The molecule has 3 heteroatoms. The van der Waals surface area contributed by atoms with Crippen molar-refractivity contribution in [2.45, 2.75) is 4.90 Å². The summed E-state index contributed by atoms with van der Waals surface area (Å²) in [5.74, 6) is 0.581. The second-order valence-corrected chi connectivity index (χ2v) is 2.56. The first-order chi connectivity index (χ1) is 5.27. The highest BCUT2D eigenvalue weighted by Gasteiger charge is 1.99. The van der Waals surface area contributed by atoms with Crippen molar-refractivity contribution in [3.63, 3.8) is 0 Å². The van der Waals surface area contributed by atoms with Gasteiger partial charge in [0, 0.05) is 4.90 Å². The molecular formula is C8H8O2S. The third-order valence-corrected chi connectivity index (χ3v) is 1.62. The van der Waals surface area contributed by atoms with Crippen LogP contribution in [0.5, 0.6) is 5.75 Å². The van der Waals surface area contributed by atoms with Gasteiger partial charge in [0.05, 0.1) is 12.7 Å². The smallest absolute Gasteiger partial charge is 0.153 e. The fourth-order valence-electron chi connectivity index (χ4n) is 0.814. The number of thiol groups is 1. The normalized spacial score (nSPS) is 9.27. The monoisotopic (exact) mass is 168 g/mol. The van der Waals surface area contributed by atoms with E-state index >= 15 is 0 Å². The first-order valence-corrected chi connectivity index (χ1v) is 3.55. The fourth-order valence-corrected chi connectivity index (χ4v) is 1.03. The van der Waals surface area contributed by atoms with E-state index in [1.807, 2.05) is 0 Å². The van der Waals surface area contributed by atoms with Crippen LogP contribution in [-0.2, 0) is 0 Å². The van der Waals surface area contributed by atoms with Crippen LogP contribution in [0, 0.1) is 0 Å². The number of hydrogen-bond acceptors (Lipinski definition) is 3. The van der Waals surface area contributed by atoms with Crippen LogP contribution in [0.2, 0.25) is 0 Å². The van der Waals surface area contributed by atoms with Gasteiger partial charge in [0.25, 0.3) is 0 Å². The molecule has 0 aliphatic carbocycles. The van der Waals surface area contributed by atoms with Crippen molar-refractivity contribution in [2.24, 2.45) is 0 Å². The molecule has 58 valence electrons. The van der Waals surface area contributed by atoms with Crippen LogP contribution in [-0.4, -0.2) is 13.4 Å². The van der Waals surface area contributed by atoms with Crippen LogP contribution in [0.3, 0.4) is 0 Å². The lowest BCUT2D eigenvalue weighted by Crippen LogP contribution is -1.89. The van der Waals surface area contributed by atoms with Gasteiger partial charge < -0.3 is 4.74 Å². The Morgan fingerprint density at radius 1 is 1.55 bits per heavy atom. The lowest BCUT2D eigenvalue weighted by Gasteiger charge is -2.02. The molecule has 0 heterocycles. The summed E-state index contributed by atoms with van der Waals surface area (Å²) in [5.41, 5.74) is 0.528. The summed E-state index contributed by atoms with van der Waals surface area (Å²) in [4.78, 5) is 11.2. The molecule has 0 N–H and O–H groups in total. The molecular weight excluding hydrogens is 160 g/mol. The number of aldehydes is 1. The Balaban J connectivity index is 3.16. The summed E-state index contributed by atoms with van der Waals surface area (Å²) in [7, 11) is 1.53. The van der Waals surface area contributed by atoms with Gasteiger partial charge in [-0.15, -0.1) is 12.6 Å². The highest BCUT2D eigenvalue weighted by Crippen LogP contribution is 2.19. The summed E-state index contributed by atoms with van der Waals surface area (Å²) in [6.45, 7) is 0. The van der Waals surface area contributed by atoms with E-state index in [9.17, 15) is 4.79 Å². The summed E-state index contributed by atoms with van der Waals surface area (Å²) < 4.78 is 4.93. The maximum absolute atomic E-state index is 10.4. The topological polar surface area (TPSA) is 26.3 Å². The Labute approximate surface area is 70.6 Å². The number of ether oxygens (including phenoxy) is 1. The maximum Gasteiger partial charge on any atom is 0.153 e. The molecule has 0 saturated heterocycles. The van der Waals surface area contributed by atoms with E-state index < -0.39 is 0 Å². The summed E-state index contributed by atoms with van der Waals surface area (Å²) in [6, 6.07) is 5.15. The molecule has 1 aromatic carbocycles. The van der Waals surface area contributed by atoms with Gasteiger partial charge in [-0.2, -0.15) is 0 Å². The third kappa shape index (κ3) is 1.74. The minimum absolute atomic E-state index is 0.528. The zero-order valence-corrected chi connectivity index (χ0v) is 6.97. The molecule has 0 radical (unpaired) electrons. The summed E-state index contributed by atoms with van der Waals surface area (Å²) in [6.07, 6.45) is 0.749. The Morgan fingerprint density at radius 3 is 2.82 bits per heavy atom. The molecule has 0 aromatic heterocycles. The van der Waals surface area contributed by atoms with Crippen molar-refractivity contribution in [1.29, 1.82) is 0 Å². The van der Waals surface area contributed by atoms with Crippen molar-refractivity contribution < 1.29 is 9.53 Å². The van der Waals surface area contributed by atoms with Crippen LogP contribution in [0.25, 0.3) is 0 Å². The van der Waals surface area contributed by atoms with Gasteiger partial charge in [-0.25, -0.2) is 0 Å². The van der Waals surface area contributed by atoms with E-state index in [1.165, 1.54) is 7.11 Å². The van der Waals surface area contributed by atoms with Gasteiger partial charge in [-0.1, -0.05) is 0 Å². The molecule has 1 aromatic rings. The third-order valence-electron chi connectivity index (χ3n) is 1.34. The van der Waals surface area contributed by atoms with Crippen LogP contribution < -0.4 is 4.74 Å². The highest BCUT2D eigenvalue weighted by molar-refractivity contribution is 7.80. The van der Waals surface area contributed by atoms with Crippen molar-refractivity contribution in [1.82, 2.24) is 0 Å². The highest BCUT2D eigenvalue weighted by atomic mass is 32.1. The lowest BCUT2D eigenvalue weighted by molar-refractivity contribution is 0.112. The summed E-state index contributed by atoms with van der Waals surface area (Å²) in [5, 5.41) is 0. The minimum Gasteiger partial charge on any atom is -0.496 e. The van der Waals surface area contributed by atoms with E-state index in [0.717, 1.165) is 11.2 Å². The van der Waals surface area contributed by atoms with Gasteiger partial charge in [0.2, 0.25) is 0 Å². The summed E-state index contributed by atoms with van der Waals surface area (Å²) >= 11 is 4.08. The Bertz CT molecular complexity index is 271. The molecule has 0 bridgehead atoms. The zero-order chi connectivity index (χ0) is 8.27. The predicted octanol–water partition coefficient (Wildman–Crippen LogP) is 1.80. The molecule has 11 heavy (non-hydrogen) atoms. The molecule has 1 rings (SSSR count). The van der Waals surface area contributed by atoms with Crippen LogP contribution in [0.1, 0.15) is 10.4 Å². The molecule has 0 aliphatic rings. The zero-order valence-electron chi connectivity index (χ0n) is 6.07. The average molecular weight is 168 g/mol. The molecule has 0 unspecified atom stereocenters. The van der Waals surface area contributed by atoms with Gasteiger partial charge >= 0.3 is 0 Å². The van der Waals surface area contributed by atoms with Gasteiger partial charge in [0.15, 0.2) is 6.29 Å². The number of hydrogen-bond donors (Lipinski definition) is 1. The molecule has 0 fully saturated rings. The standard InChI is InChI=1S/C8H8O2S/c1-10-8-3-2-7(11)4-6(8)5-9/h2-5,11H,1H3. The number of carbonyl (C=O) groups is 1. The van der Waals surface area contributed by atoms with E-state index in [2.05, 4.69) is 12.6 Å². The van der Waals surface area contributed by atoms with Crippen LogP contribution in [0.15, 0.2) is 23.1 Å². The van der Waals surface area contributed by atoms with E-state index in [1.54, 1.807) is 18.2 Å². The van der Waals surface area contributed by atoms with Gasteiger partial charge in [-0.05, 0) is 18.2 Å². The predicted molar refractivity (Wildman–Crippen MR) is 45.6 cm³/mol. The molecule has 0 aliphatic heterocycles. The van der Waals surface area contributed by atoms with Crippen molar-refractivity contribution in [2.75, 3.05) is 7.11 Å². The number of methoxy groups -OCH3 is 1. The quantitative estimate of drug-likeness (QED) is 0.538. The lowest BCUT2D eigenvalue weighted by atomic mass is 10.2. The van der Waals surface area contributed by atoms with Crippen LogP contribution in [0.4, 0.5) is 0 Å². The molecule has 0 spiro atoms. The Morgan fingerprint density at radius 2 is 2.27 bits per heavy atom. The van der Waals surface area contributed by atoms with Crippen molar-refractivity contribution >= 4 is 18.9 Å². The number of rotatable bonds is 2. The second-order valence-electron chi connectivity index (χ2n) is 2.04. The van der Waals surface area contributed by atoms with E-state index in [0.29, 0.717) is 11.3 Å². The maximum atomic E-state index is 10.4. The Hall–Kier alpha value is -0.960. The second kappa shape index (κ2) is 3.44. The van der Waals surface area contributed by atoms with Gasteiger partial charge in [-0.3, -0.25) is 4.79 Å². The molecule has 0 atom stereocenters. The van der Waals surface area contributed by atoms with E-state index in [4.69, 9.17) is 4.74 Å². The van der Waals surface area contributed by atoms with Crippen LogP contribution >= 0.6 is 12.6 Å².